The first-order chi connectivity index (χ1) is 13.6. The van der Waals surface area contributed by atoms with Crippen molar-refractivity contribution in [2.24, 2.45) is 0 Å². The lowest BCUT2D eigenvalue weighted by Crippen LogP contribution is -2.36. The fourth-order valence-electron chi connectivity index (χ4n) is 4.01. The molecule has 1 unspecified atom stereocenters. The van der Waals surface area contributed by atoms with Crippen LogP contribution in [0.25, 0.3) is 0 Å². The molecule has 0 bridgehead atoms. The van der Waals surface area contributed by atoms with Gasteiger partial charge in [0.1, 0.15) is 11.5 Å². The van der Waals surface area contributed by atoms with E-state index in [4.69, 9.17) is 0 Å². The summed E-state index contributed by atoms with van der Waals surface area (Å²) in [6.45, 7) is 0. The number of nitrogens with one attached hydrogen (secondary N) is 1. The highest BCUT2D eigenvalue weighted by Crippen LogP contribution is 2.31. The van der Waals surface area contributed by atoms with Crippen LogP contribution in [0.2, 0.25) is 0 Å². The van der Waals surface area contributed by atoms with Crippen molar-refractivity contribution in [1.82, 2.24) is 5.32 Å². The number of phenolic OH excluding ortho intramolecular Hbond substituents is 2. The van der Waals surface area contributed by atoms with Gasteiger partial charge in [0, 0.05) is 18.4 Å². The van der Waals surface area contributed by atoms with Gasteiger partial charge in [0.25, 0.3) is 0 Å². The van der Waals surface area contributed by atoms with Gasteiger partial charge in [-0.25, -0.2) is 0 Å². The Labute approximate surface area is 164 Å². The molecule has 0 saturated carbocycles. The zero-order valence-electron chi connectivity index (χ0n) is 15.5. The third-order valence-electron chi connectivity index (χ3n) is 5.37. The minimum atomic E-state index is -0.198. The van der Waals surface area contributed by atoms with Crippen LogP contribution in [0, 0.1) is 0 Å². The first kappa shape index (κ1) is 18.1. The van der Waals surface area contributed by atoms with Crippen LogP contribution in [-0.2, 0) is 17.6 Å². The van der Waals surface area contributed by atoms with Gasteiger partial charge in [-0.2, -0.15) is 0 Å². The predicted molar refractivity (Wildman–Crippen MR) is 108 cm³/mol. The van der Waals surface area contributed by atoms with Crippen molar-refractivity contribution in [3.8, 4) is 11.5 Å². The van der Waals surface area contributed by atoms with Gasteiger partial charge in [0.15, 0.2) is 0 Å². The Morgan fingerprint density at radius 3 is 2.18 bits per heavy atom. The number of aromatic hydroxyl groups is 2. The molecule has 1 amide bonds. The van der Waals surface area contributed by atoms with Gasteiger partial charge in [-0.3, -0.25) is 4.79 Å². The fraction of sp³-hybridized carbons (Fsp3) is 0.208. The van der Waals surface area contributed by atoms with Crippen LogP contribution < -0.4 is 5.32 Å². The minimum Gasteiger partial charge on any atom is -0.508 e. The number of phenols is 2. The van der Waals surface area contributed by atoms with Gasteiger partial charge in [0.2, 0.25) is 5.91 Å². The molecule has 3 aromatic rings. The van der Waals surface area contributed by atoms with Crippen molar-refractivity contribution in [2.45, 2.75) is 31.2 Å². The smallest absolute Gasteiger partial charge is 0.221 e. The Balaban J connectivity index is 1.51. The van der Waals surface area contributed by atoms with Gasteiger partial charge in [0.05, 0.1) is 0 Å². The van der Waals surface area contributed by atoms with Crippen LogP contribution in [-0.4, -0.2) is 22.2 Å². The molecule has 1 atom stereocenters. The summed E-state index contributed by atoms with van der Waals surface area (Å²) in [4.78, 5) is 12.8. The third-order valence-corrected chi connectivity index (χ3v) is 5.37. The number of fused-ring (bicyclic) bond motifs is 1. The molecular formula is C24H23NO3. The first-order valence-electron chi connectivity index (χ1n) is 9.52. The van der Waals surface area contributed by atoms with Gasteiger partial charge in [-0.05, 0) is 59.4 Å². The predicted octanol–water partition coefficient (Wildman–Crippen LogP) is 3.90. The van der Waals surface area contributed by atoms with Crippen molar-refractivity contribution in [2.75, 3.05) is 0 Å². The monoisotopic (exact) mass is 373 g/mol. The van der Waals surface area contributed by atoms with E-state index in [0.717, 1.165) is 24.0 Å². The maximum Gasteiger partial charge on any atom is 0.221 e. The molecule has 3 N–H and O–H groups in total. The van der Waals surface area contributed by atoms with Crippen LogP contribution in [0.15, 0.2) is 72.8 Å². The molecule has 1 aliphatic rings. The number of benzene rings is 3. The van der Waals surface area contributed by atoms with Gasteiger partial charge >= 0.3 is 0 Å². The lowest BCUT2D eigenvalue weighted by molar-refractivity contribution is -0.121. The fourth-order valence-corrected chi connectivity index (χ4v) is 4.01. The Morgan fingerprint density at radius 1 is 0.857 bits per heavy atom. The molecule has 4 nitrogen and oxygen atoms in total. The Kier molecular flexibility index (Phi) is 5.02. The molecule has 3 aromatic carbocycles. The molecule has 0 fully saturated rings. The highest BCUT2D eigenvalue weighted by atomic mass is 16.3. The van der Waals surface area contributed by atoms with Gasteiger partial charge in [-0.1, -0.05) is 48.5 Å². The normalized spacial score (nSPS) is 14.4. The SMILES string of the molecule is O=C(CC(c1ccc(O)cc1)c1cccc(O)c1)NC1Cc2ccccc2C1. The van der Waals surface area contributed by atoms with Crippen LogP contribution in [0.4, 0.5) is 0 Å². The Morgan fingerprint density at radius 2 is 1.54 bits per heavy atom. The standard InChI is InChI=1S/C24H23NO3/c26-21-10-8-16(9-11-21)23(19-6-3-7-22(27)14-19)15-24(28)25-20-12-17-4-1-2-5-18(17)13-20/h1-11,14,20,23,26-27H,12-13,15H2,(H,25,28). The van der Waals surface area contributed by atoms with E-state index in [0.29, 0.717) is 0 Å². The number of hydrogen-bond donors (Lipinski definition) is 3. The summed E-state index contributed by atoms with van der Waals surface area (Å²) in [5.41, 5.74) is 4.40. The molecule has 0 spiro atoms. The van der Waals surface area contributed by atoms with E-state index >= 15 is 0 Å². The summed E-state index contributed by atoms with van der Waals surface area (Å²) in [6.07, 6.45) is 2.00. The molecule has 0 radical (unpaired) electrons. The largest absolute Gasteiger partial charge is 0.508 e. The van der Waals surface area contributed by atoms with E-state index in [1.54, 1.807) is 30.3 Å². The summed E-state index contributed by atoms with van der Waals surface area (Å²) >= 11 is 0. The minimum absolute atomic E-state index is 0.0146. The summed E-state index contributed by atoms with van der Waals surface area (Å²) in [5, 5.41) is 22.6. The van der Waals surface area contributed by atoms with E-state index < -0.39 is 0 Å². The topological polar surface area (TPSA) is 69.6 Å². The number of amides is 1. The number of carbonyl (C=O) groups is 1. The average molecular weight is 373 g/mol. The lowest BCUT2D eigenvalue weighted by atomic mass is 9.88. The maximum absolute atomic E-state index is 12.8. The molecule has 142 valence electrons. The Hall–Kier alpha value is -3.27. The van der Waals surface area contributed by atoms with Crippen molar-refractivity contribution < 1.29 is 15.0 Å². The van der Waals surface area contributed by atoms with E-state index in [1.807, 2.05) is 30.3 Å². The van der Waals surface area contributed by atoms with Crippen molar-refractivity contribution in [3.63, 3.8) is 0 Å². The van der Waals surface area contributed by atoms with Crippen molar-refractivity contribution in [1.29, 1.82) is 0 Å². The molecular weight excluding hydrogens is 350 g/mol. The van der Waals surface area contributed by atoms with Crippen molar-refractivity contribution in [3.05, 3.63) is 95.1 Å². The molecule has 28 heavy (non-hydrogen) atoms. The van der Waals surface area contributed by atoms with E-state index in [-0.39, 0.29) is 35.8 Å². The Bertz CT molecular complexity index is 956. The average Bonchev–Trinajstić information content (AvgIpc) is 3.09. The summed E-state index contributed by atoms with van der Waals surface area (Å²) in [5.74, 6) is 0.148. The van der Waals surface area contributed by atoms with Gasteiger partial charge < -0.3 is 15.5 Å². The second-order valence-electron chi connectivity index (χ2n) is 7.38. The molecule has 4 heteroatoms. The van der Waals surface area contributed by atoms with Crippen LogP contribution in [0.1, 0.15) is 34.6 Å². The van der Waals surface area contributed by atoms with Crippen LogP contribution in [0.3, 0.4) is 0 Å². The lowest BCUT2D eigenvalue weighted by Gasteiger charge is -2.20. The molecule has 1 aliphatic carbocycles. The second-order valence-corrected chi connectivity index (χ2v) is 7.38. The third kappa shape index (κ3) is 4.01. The molecule has 4 rings (SSSR count). The highest BCUT2D eigenvalue weighted by molar-refractivity contribution is 5.78. The highest BCUT2D eigenvalue weighted by Gasteiger charge is 2.25. The molecule has 0 heterocycles. The van der Waals surface area contributed by atoms with E-state index in [9.17, 15) is 15.0 Å². The van der Waals surface area contributed by atoms with Gasteiger partial charge in [-0.15, -0.1) is 0 Å². The molecule has 0 saturated heterocycles. The van der Waals surface area contributed by atoms with Crippen LogP contribution in [0.5, 0.6) is 11.5 Å². The summed E-state index contributed by atoms with van der Waals surface area (Å²) in [6, 6.07) is 22.3. The van der Waals surface area contributed by atoms with Crippen molar-refractivity contribution >= 4 is 5.91 Å². The molecule has 0 aliphatic heterocycles. The van der Waals surface area contributed by atoms with E-state index in [1.165, 1.54) is 11.1 Å². The zero-order valence-corrected chi connectivity index (χ0v) is 15.5. The molecule has 0 aromatic heterocycles. The summed E-state index contributed by atoms with van der Waals surface area (Å²) < 4.78 is 0. The number of carbonyl (C=O) groups excluding carboxylic acids is 1. The number of rotatable bonds is 5. The quantitative estimate of drug-likeness (QED) is 0.635. The number of hydrogen-bond acceptors (Lipinski definition) is 3. The maximum atomic E-state index is 12.8. The van der Waals surface area contributed by atoms with E-state index in [2.05, 4.69) is 17.4 Å². The summed E-state index contributed by atoms with van der Waals surface area (Å²) in [7, 11) is 0. The second kappa shape index (κ2) is 7.77. The zero-order chi connectivity index (χ0) is 19.5. The first-order valence-corrected chi connectivity index (χ1v) is 9.52. The van der Waals surface area contributed by atoms with Crippen LogP contribution >= 0.6 is 0 Å².